The molecular formula is C22H22FN3O3S. The van der Waals surface area contributed by atoms with E-state index in [-0.39, 0.29) is 17.9 Å². The van der Waals surface area contributed by atoms with E-state index >= 15 is 0 Å². The first-order valence-electron chi connectivity index (χ1n) is 9.40. The van der Waals surface area contributed by atoms with Gasteiger partial charge in [-0.25, -0.2) is 9.37 Å². The Morgan fingerprint density at radius 2 is 1.83 bits per heavy atom. The lowest BCUT2D eigenvalue weighted by Crippen LogP contribution is -2.29. The van der Waals surface area contributed by atoms with Crippen molar-refractivity contribution in [2.24, 2.45) is 0 Å². The summed E-state index contributed by atoms with van der Waals surface area (Å²) in [6.45, 7) is 4.68. The number of ether oxygens (including phenoxy) is 1. The summed E-state index contributed by atoms with van der Waals surface area (Å²) in [6.07, 6.45) is 0.0788. The van der Waals surface area contributed by atoms with Crippen LogP contribution < -0.4 is 15.4 Å². The summed E-state index contributed by atoms with van der Waals surface area (Å²) in [5, 5.41) is 7.33. The number of anilines is 1. The van der Waals surface area contributed by atoms with Crippen molar-refractivity contribution < 1.29 is 18.7 Å². The number of aryl methyl sites for hydroxylation is 2. The van der Waals surface area contributed by atoms with Gasteiger partial charge >= 0.3 is 0 Å². The Balaban J connectivity index is 1.44. The van der Waals surface area contributed by atoms with Crippen LogP contribution in [-0.2, 0) is 11.2 Å². The summed E-state index contributed by atoms with van der Waals surface area (Å²) in [6, 6.07) is 11.6. The summed E-state index contributed by atoms with van der Waals surface area (Å²) >= 11 is 1.18. The van der Waals surface area contributed by atoms with Crippen LogP contribution in [0.1, 0.15) is 27.2 Å². The van der Waals surface area contributed by atoms with Gasteiger partial charge in [-0.15, -0.1) is 11.3 Å². The van der Waals surface area contributed by atoms with E-state index in [1.54, 1.807) is 11.4 Å². The first-order valence-corrected chi connectivity index (χ1v) is 10.3. The van der Waals surface area contributed by atoms with Crippen molar-refractivity contribution in [2.75, 3.05) is 18.5 Å². The average Bonchev–Trinajstić information content (AvgIpc) is 3.13. The van der Waals surface area contributed by atoms with Crippen molar-refractivity contribution in [1.82, 2.24) is 10.3 Å². The minimum atomic E-state index is -0.603. The molecule has 0 spiro atoms. The van der Waals surface area contributed by atoms with Crippen LogP contribution in [0.5, 0.6) is 5.75 Å². The van der Waals surface area contributed by atoms with Crippen LogP contribution in [0.15, 0.2) is 47.8 Å². The van der Waals surface area contributed by atoms with Gasteiger partial charge in [0, 0.05) is 5.38 Å². The molecule has 8 heteroatoms. The highest BCUT2D eigenvalue weighted by molar-refractivity contribution is 7.14. The number of halogens is 1. The van der Waals surface area contributed by atoms with Crippen LogP contribution in [0.3, 0.4) is 0 Å². The van der Waals surface area contributed by atoms with Crippen molar-refractivity contribution >= 4 is 28.3 Å². The Kier molecular flexibility index (Phi) is 7.13. The third-order valence-corrected chi connectivity index (χ3v) is 5.12. The Morgan fingerprint density at radius 3 is 2.57 bits per heavy atom. The SMILES string of the molecule is Cc1cccc(C)c1OCCNC(=O)Cc1csc(NC(=O)c2ccccc2F)n1. The fraction of sp³-hybridized carbons (Fsp3) is 0.227. The number of rotatable bonds is 8. The normalized spacial score (nSPS) is 10.5. The molecule has 0 aliphatic rings. The van der Waals surface area contributed by atoms with Crippen molar-refractivity contribution in [3.8, 4) is 5.75 Å². The van der Waals surface area contributed by atoms with Gasteiger partial charge in [0.25, 0.3) is 5.91 Å². The number of benzene rings is 2. The highest BCUT2D eigenvalue weighted by atomic mass is 32.1. The van der Waals surface area contributed by atoms with E-state index in [4.69, 9.17) is 4.74 Å². The summed E-state index contributed by atoms with van der Waals surface area (Å²) in [4.78, 5) is 28.5. The molecule has 0 bridgehead atoms. The number of para-hydroxylation sites is 1. The van der Waals surface area contributed by atoms with E-state index in [0.717, 1.165) is 16.9 Å². The second-order valence-electron chi connectivity index (χ2n) is 6.67. The van der Waals surface area contributed by atoms with E-state index < -0.39 is 11.7 Å². The fourth-order valence-electron chi connectivity index (χ4n) is 2.85. The molecule has 2 aromatic carbocycles. The predicted molar refractivity (Wildman–Crippen MR) is 115 cm³/mol. The second-order valence-corrected chi connectivity index (χ2v) is 7.53. The van der Waals surface area contributed by atoms with E-state index in [1.807, 2.05) is 32.0 Å². The van der Waals surface area contributed by atoms with E-state index in [0.29, 0.717) is 24.0 Å². The topological polar surface area (TPSA) is 80.3 Å². The Morgan fingerprint density at radius 1 is 1.10 bits per heavy atom. The molecule has 0 unspecified atom stereocenters. The van der Waals surface area contributed by atoms with Crippen LogP contribution in [0.4, 0.5) is 9.52 Å². The molecule has 0 fully saturated rings. The Bertz CT molecular complexity index is 1030. The number of nitrogens with one attached hydrogen (secondary N) is 2. The first-order chi connectivity index (χ1) is 14.4. The van der Waals surface area contributed by atoms with Gasteiger partial charge in [0.2, 0.25) is 5.91 Å². The van der Waals surface area contributed by atoms with Gasteiger partial charge in [-0.2, -0.15) is 0 Å². The van der Waals surface area contributed by atoms with Gasteiger partial charge in [0.15, 0.2) is 5.13 Å². The molecule has 0 saturated carbocycles. The lowest BCUT2D eigenvalue weighted by Gasteiger charge is -2.12. The first kappa shape index (κ1) is 21.4. The average molecular weight is 428 g/mol. The summed E-state index contributed by atoms with van der Waals surface area (Å²) in [5.74, 6) is -0.546. The molecule has 3 rings (SSSR count). The Hall–Kier alpha value is -3.26. The molecule has 0 aliphatic heterocycles. The third-order valence-electron chi connectivity index (χ3n) is 4.31. The van der Waals surface area contributed by atoms with Crippen LogP contribution in [0.25, 0.3) is 0 Å². The number of hydrogen-bond donors (Lipinski definition) is 2. The zero-order valence-electron chi connectivity index (χ0n) is 16.7. The molecule has 0 radical (unpaired) electrons. The maximum atomic E-state index is 13.7. The summed E-state index contributed by atoms with van der Waals surface area (Å²) in [7, 11) is 0. The lowest BCUT2D eigenvalue weighted by molar-refractivity contribution is -0.120. The molecule has 30 heavy (non-hydrogen) atoms. The minimum absolute atomic E-state index is 0.0594. The summed E-state index contributed by atoms with van der Waals surface area (Å²) < 4.78 is 19.4. The largest absolute Gasteiger partial charge is 0.491 e. The molecular weight excluding hydrogens is 405 g/mol. The molecule has 156 valence electrons. The molecule has 0 saturated heterocycles. The molecule has 2 amide bonds. The van der Waals surface area contributed by atoms with Gasteiger partial charge in [-0.05, 0) is 37.1 Å². The highest BCUT2D eigenvalue weighted by Crippen LogP contribution is 2.22. The quantitative estimate of drug-likeness (QED) is 0.535. The van der Waals surface area contributed by atoms with E-state index in [2.05, 4.69) is 15.6 Å². The monoisotopic (exact) mass is 427 g/mol. The maximum Gasteiger partial charge on any atom is 0.260 e. The van der Waals surface area contributed by atoms with Crippen LogP contribution in [-0.4, -0.2) is 29.9 Å². The van der Waals surface area contributed by atoms with E-state index in [1.165, 1.54) is 29.5 Å². The maximum absolute atomic E-state index is 13.7. The number of nitrogens with zero attached hydrogens (tertiary/aromatic N) is 1. The molecule has 3 aromatic rings. The zero-order valence-corrected chi connectivity index (χ0v) is 17.5. The molecule has 1 heterocycles. The Labute approximate surface area is 178 Å². The number of aromatic nitrogens is 1. The van der Waals surface area contributed by atoms with Gasteiger partial charge in [0.05, 0.1) is 24.2 Å². The predicted octanol–water partition coefficient (Wildman–Crippen LogP) is 3.89. The summed E-state index contributed by atoms with van der Waals surface area (Å²) in [5.41, 5.74) is 2.57. The second kappa shape index (κ2) is 9.98. The minimum Gasteiger partial charge on any atom is -0.491 e. The number of thiazole rings is 1. The highest BCUT2D eigenvalue weighted by Gasteiger charge is 2.14. The van der Waals surface area contributed by atoms with E-state index in [9.17, 15) is 14.0 Å². The van der Waals surface area contributed by atoms with Gasteiger partial charge in [0.1, 0.15) is 18.2 Å². The van der Waals surface area contributed by atoms with Crippen molar-refractivity contribution in [2.45, 2.75) is 20.3 Å². The van der Waals surface area contributed by atoms with Gasteiger partial charge in [-0.3, -0.25) is 14.9 Å². The van der Waals surface area contributed by atoms with Crippen molar-refractivity contribution in [3.05, 3.63) is 76.0 Å². The number of amides is 2. The molecule has 0 atom stereocenters. The zero-order chi connectivity index (χ0) is 21.5. The standard InChI is InChI=1S/C22H22FN3O3S/c1-14-6-5-7-15(2)20(14)29-11-10-24-19(27)12-16-13-30-22(25-16)26-21(28)17-8-3-4-9-18(17)23/h3-9,13H,10-12H2,1-2H3,(H,24,27)(H,25,26,28). The van der Waals surface area contributed by atoms with Crippen LogP contribution in [0, 0.1) is 19.7 Å². The third kappa shape index (κ3) is 5.64. The fourth-order valence-corrected chi connectivity index (χ4v) is 3.56. The van der Waals surface area contributed by atoms with Gasteiger partial charge < -0.3 is 10.1 Å². The number of carbonyl (C=O) groups is 2. The molecule has 6 nitrogen and oxygen atoms in total. The molecule has 0 aliphatic carbocycles. The molecule has 2 N–H and O–H groups in total. The number of carbonyl (C=O) groups excluding carboxylic acids is 2. The smallest absolute Gasteiger partial charge is 0.260 e. The van der Waals surface area contributed by atoms with Gasteiger partial charge in [-0.1, -0.05) is 30.3 Å². The molecule has 1 aromatic heterocycles. The van der Waals surface area contributed by atoms with Crippen LogP contribution in [0.2, 0.25) is 0 Å². The lowest BCUT2D eigenvalue weighted by atomic mass is 10.1. The van der Waals surface area contributed by atoms with Crippen molar-refractivity contribution in [3.63, 3.8) is 0 Å². The van der Waals surface area contributed by atoms with Crippen molar-refractivity contribution in [1.29, 1.82) is 0 Å². The van der Waals surface area contributed by atoms with Crippen LogP contribution >= 0.6 is 11.3 Å². The number of hydrogen-bond acceptors (Lipinski definition) is 5.